The fourth-order valence-corrected chi connectivity index (χ4v) is 5.63. The fourth-order valence-electron chi connectivity index (χ4n) is 5.63. The van der Waals surface area contributed by atoms with Gasteiger partial charge in [-0.2, -0.15) is 0 Å². The van der Waals surface area contributed by atoms with Crippen molar-refractivity contribution in [1.29, 1.82) is 0 Å². The number of aliphatic carboxylic acids is 2. The van der Waals surface area contributed by atoms with Crippen LogP contribution in [0.3, 0.4) is 0 Å². The van der Waals surface area contributed by atoms with Crippen molar-refractivity contribution < 1.29 is 83.1 Å². The van der Waals surface area contributed by atoms with Crippen molar-refractivity contribution in [3.63, 3.8) is 0 Å². The number of carbonyl (C=O) groups is 7. The van der Waals surface area contributed by atoms with Gasteiger partial charge in [-0.15, -0.1) is 0 Å². The Hall–Kier alpha value is -4.03. The third kappa shape index (κ3) is 11.0. The van der Waals surface area contributed by atoms with E-state index in [1.807, 2.05) is 0 Å². The maximum atomic E-state index is 12.7. The molecule has 0 saturated carbocycles. The van der Waals surface area contributed by atoms with E-state index in [9.17, 15) is 64.2 Å². The van der Waals surface area contributed by atoms with Crippen molar-refractivity contribution in [1.82, 2.24) is 26.6 Å². The first-order valence-electron chi connectivity index (χ1n) is 15.3. The average molecular weight is 724 g/mol. The van der Waals surface area contributed by atoms with Crippen molar-refractivity contribution >= 4 is 41.5 Å². The second-order valence-corrected chi connectivity index (χ2v) is 11.8. The molecule has 0 radical (unpaired) electrons. The second-order valence-electron chi connectivity index (χ2n) is 11.8. The zero-order valence-corrected chi connectivity index (χ0v) is 28.0. The van der Waals surface area contributed by atoms with Crippen LogP contribution in [0.1, 0.15) is 41.5 Å². The number of hydrogen-bond donors (Lipinski definition) is 11. The quantitative estimate of drug-likeness (QED) is 0.0749. The number of aliphatic hydroxyl groups is 4. The van der Waals surface area contributed by atoms with E-state index in [1.54, 1.807) is 0 Å². The largest absolute Gasteiger partial charge is 0.479 e. The molecule has 14 atom stereocenters. The molecule has 2 aliphatic rings. The Balaban J connectivity index is 2.74. The van der Waals surface area contributed by atoms with Crippen molar-refractivity contribution in [2.24, 2.45) is 0 Å². The third-order valence-electron chi connectivity index (χ3n) is 7.61. The zero-order valence-electron chi connectivity index (χ0n) is 28.0. The minimum atomic E-state index is -2.20. The number of carbonyl (C=O) groups excluding carboxylic acids is 5. The summed E-state index contributed by atoms with van der Waals surface area (Å²) in [6.45, 7) is 5.47. The maximum absolute atomic E-state index is 12.7. The van der Waals surface area contributed by atoms with Crippen LogP contribution in [0.5, 0.6) is 0 Å². The number of rotatable bonds is 15. The molecule has 22 heteroatoms. The highest BCUT2D eigenvalue weighted by atomic mass is 16.7. The van der Waals surface area contributed by atoms with E-state index in [-0.39, 0.29) is 0 Å². The smallest absolute Gasteiger partial charge is 0.335 e. The highest BCUT2D eigenvalue weighted by molar-refractivity contribution is 5.78. The molecule has 284 valence electrons. The van der Waals surface area contributed by atoms with E-state index < -0.39 is 134 Å². The minimum absolute atomic E-state index is 0.699. The Morgan fingerprint density at radius 3 is 1.54 bits per heavy atom. The molecule has 2 aliphatic heterocycles. The normalized spacial score (nSPS) is 31.9. The molecule has 0 spiro atoms. The molecule has 11 N–H and O–H groups in total. The summed E-state index contributed by atoms with van der Waals surface area (Å²) in [5.74, 6) is -7.39. The zero-order chi connectivity index (χ0) is 38.2. The number of carboxylic acids is 2. The van der Waals surface area contributed by atoms with Gasteiger partial charge in [0.25, 0.3) is 0 Å². The van der Waals surface area contributed by atoms with Gasteiger partial charge in [-0.05, 0) is 6.92 Å². The SMILES string of the molecule is CC(=O)N[C@@H]1[C@H](O[C@@H]([C@@H](O)[C@@H](C)O)[C@H](CO)NC(C)=O)O[C@H](C(=O)O)[C@@H](O[C@@H]2O[C@@H](C(=O)O)[C@@H](O)[C@H](NC(C)=O)[C@@H]2NC(C)=O)[C@@H]1NC(C)=O. The lowest BCUT2D eigenvalue weighted by Crippen LogP contribution is -2.74. The summed E-state index contributed by atoms with van der Waals surface area (Å²) in [5.41, 5.74) is 0. The minimum Gasteiger partial charge on any atom is -0.479 e. The van der Waals surface area contributed by atoms with Crippen LogP contribution < -0.4 is 26.6 Å². The van der Waals surface area contributed by atoms with E-state index in [0.29, 0.717) is 0 Å². The van der Waals surface area contributed by atoms with Crippen LogP contribution in [0.4, 0.5) is 0 Å². The van der Waals surface area contributed by atoms with Crippen LogP contribution >= 0.6 is 0 Å². The van der Waals surface area contributed by atoms with E-state index >= 15 is 0 Å². The summed E-state index contributed by atoms with van der Waals surface area (Å²) < 4.78 is 23.0. The van der Waals surface area contributed by atoms with Gasteiger partial charge in [0.15, 0.2) is 24.8 Å². The topological polar surface area (TPSA) is 338 Å². The van der Waals surface area contributed by atoms with Gasteiger partial charge in [-0.3, -0.25) is 24.0 Å². The van der Waals surface area contributed by atoms with Gasteiger partial charge >= 0.3 is 11.9 Å². The van der Waals surface area contributed by atoms with Crippen molar-refractivity contribution in [2.45, 2.75) is 127 Å². The molecule has 2 rings (SSSR count). The summed E-state index contributed by atoms with van der Waals surface area (Å²) >= 11 is 0. The number of aliphatic hydroxyl groups excluding tert-OH is 4. The molecule has 2 saturated heterocycles. The number of carboxylic acid groups (broad SMARTS) is 2. The van der Waals surface area contributed by atoms with Crippen molar-refractivity contribution in [2.75, 3.05) is 6.61 Å². The van der Waals surface area contributed by atoms with Gasteiger partial charge in [0.05, 0.1) is 30.8 Å². The summed E-state index contributed by atoms with van der Waals surface area (Å²) in [7, 11) is 0. The summed E-state index contributed by atoms with van der Waals surface area (Å²) in [5, 5.41) is 73.6. The predicted molar refractivity (Wildman–Crippen MR) is 161 cm³/mol. The number of hydrogen-bond acceptors (Lipinski definition) is 15. The van der Waals surface area contributed by atoms with Gasteiger partial charge in [0.1, 0.15) is 36.5 Å². The van der Waals surface area contributed by atoms with Gasteiger partial charge in [-0.25, -0.2) is 9.59 Å². The van der Waals surface area contributed by atoms with Crippen LogP contribution in [0.15, 0.2) is 0 Å². The van der Waals surface area contributed by atoms with E-state index in [0.717, 1.165) is 41.5 Å². The standard InChI is InChI=1S/C28H45N5O17/c1-8(35)19(41)21(14(7-34)29-9(2)36)47-28-18(33-13(6)40)16(31-11(4)38)22(24(50-28)26(45)46)48-27-17(32-12(5)39)15(30-10(3)37)20(42)23(49-27)25(43)44/h8,14-24,27-28,34-35,41-42H,7H2,1-6H3,(H,29,36)(H,30,37)(H,31,38)(H,32,39)(H,33,40)(H,43,44)(H,45,46)/t8-,14+,15-,16-,17+,18+,19+,20+,21-,22+,23-,24+,27-,28-/m1/s1. The lowest BCUT2D eigenvalue weighted by atomic mass is 9.91. The Morgan fingerprint density at radius 2 is 1.12 bits per heavy atom. The Bertz CT molecular complexity index is 1270. The molecule has 0 aromatic carbocycles. The molecule has 5 amide bonds. The molecule has 0 unspecified atom stereocenters. The maximum Gasteiger partial charge on any atom is 0.335 e. The summed E-state index contributed by atoms with van der Waals surface area (Å²) in [6, 6.07) is -7.92. The Kier molecular flexibility index (Phi) is 15.4. The predicted octanol–water partition coefficient (Wildman–Crippen LogP) is -6.01. The first-order valence-corrected chi connectivity index (χ1v) is 15.3. The van der Waals surface area contributed by atoms with E-state index in [4.69, 9.17) is 18.9 Å². The lowest BCUT2D eigenvalue weighted by molar-refractivity contribution is -0.312. The highest BCUT2D eigenvalue weighted by Gasteiger charge is 2.56. The number of nitrogens with one attached hydrogen (secondary N) is 5. The summed E-state index contributed by atoms with van der Waals surface area (Å²) in [6.07, 6.45) is -17.3. The van der Waals surface area contributed by atoms with Gasteiger partial charge < -0.3 is 76.2 Å². The molecular formula is C28H45N5O17. The molecule has 2 fully saturated rings. The lowest BCUT2D eigenvalue weighted by Gasteiger charge is -2.50. The van der Waals surface area contributed by atoms with Crippen LogP contribution in [0, 0.1) is 0 Å². The molecule has 0 aromatic heterocycles. The molecule has 0 bridgehead atoms. The molecular weight excluding hydrogens is 678 g/mol. The first kappa shape index (κ1) is 42.1. The molecule has 2 heterocycles. The average Bonchev–Trinajstić information content (AvgIpc) is 2.98. The van der Waals surface area contributed by atoms with E-state index in [1.165, 1.54) is 0 Å². The van der Waals surface area contributed by atoms with Gasteiger partial charge in [0, 0.05) is 34.6 Å². The van der Waals surface area contributed by atoms with Crippen LogP contribution in [-0.4, -0.2) is 164 Å². The Labute approximate surface area is 285 Å². The highest BCUT2D eigenvalue weighted by Crippen LogP contribution is 2.31. The molecule has 0 aliphatic carbocycles. The number of ether oxygens (including phenoxy) is 4. The Morgan fingerprint density at radius 1 is 0.680 bits per heavy atom. The third-order valence-corrected chi connectivity index (χ3v) is 7.61. The molecule has 50 heavy (non-hydrogen) atoms. The van der Waals surface area contributed by atoms with Crippen molar-refractivity contribution in [3.05, 3.63) is 0 Å². The molecule has 0 aromatic rings. The van der Waals surface area contributed by atoms with E-state index in [2.05, 4.69) is 26.6 Å². The van der Waals surface area contributed by atoms with Crippen molar-refractivity contribution in [3.8, 4) is 0 Å². The first-order chi connectivity index (χ1) is 23.2. The number of amides is 5. The molecule has 22 nitrogen and oxygen atoms in total. The summed E-state index contributed by atoms with van der Waals surface area (Å²) in [4.78, 5) is 85.8. The van der Waals surface area contributed by atoms with Crippen LogP contribution in [0.25, 0.3) is 0 Å². The fraction of sp³-hybridized carbons (Fsp3) is 0.750. The van der Waals surface area contributed by atoms with Crippen LogP contribution in [-0.2, 0) is 52.5 Å². The second kappa shape index (κ2) is 18.3. The monoisotopic (exact) mass is 723 g/mol. The van der Waals surface area contributed by atoms with Crippen LogP contribution in [0.2, 0.25) is 0 Å². The van der Waals surface area contributed by atoms with Gasteiger partial charge in [-0.1, -0.05) is 0 Å². The van der Waals surface area contributed by atoms with Gasteiger partial charge in [0.2, 0.25) is 29.5 Å².